The average molecular weight is 296 g/mol. The quantitative estimate of drug-likeness (QED) is 0.684. The molecule has 0 radical (unpaired) electrons. The summed E-state index contributed by atoms with van der Waals surface area (Å²) in [4.78, 5) is 0. The first-order chi connectivity index (χ1) is 10.2. The van der Waals surface area contributed by atoms with Gasteiger partial charge in [0, 0.05) is 17.6 Å². The molecular formula is C19H18ClN. The Bertz CT molecular complexity index is 746. The number of benzene rings is 3. The fourth-order valence-corrected chi connectivity index (χ4v) is 2.80. The van der Waals surface area contributed by atoms with E-state index in [0.29, 0.717) is 0 Å². The van der Waals surface area contributed by atoms with Gasteiger partial charge in [-0.2, -0.15) is 0 Å². The second-order valence-corrected chi connectivity index (χ2v) is 5.73. The standard InChI is InChI=1S/C19H18ClN/c1-14(16-8-5-10-18(20)12-16)21-13-17-9-4-7-15-6-2-3-11-19(15)17/h2-12,14,21H,13H2,1H3/t14-/m0/s1. The van der Waals surface area contributed by atoms with Gasteiger partial charge in [-0.3, -0.25) is 0 Å². The van der Waals surface area contributed by atoms with Crippen molar-refractivity contribution in [3.05, 3.63) is 82.9 Å². The maximum Gasteiger partial charge on any atom is 0.0409 e. The Morgan fingerprint density at radius 2 is 1.71 bits per heavy atom. The van der Waals surface area contributed by atoms with Gasteiger partial charge in [-0.05, 0) is 41.0 Å². The van der Waals surface area contributed by atoms with Crippen LogP contribution in [0, 0.1) is 0 Å². The molecule has 0 aromatic heterocycles. The second-order valence-electron chi connectivity index (χ2n) is 5.30. The molecule has 106 valence electrons. The van der Waals surface area contributed by atoms with Crippen molar-refractivity contribution in [2.24, 2.45) is 0 Å². The average Bonchev–Trinajstić information content (AvgIpc) is 2.52. The van der Waals surface area contributed by atoms with Gasteiger partial charge in [0.25, 0.3) is 0 Å². The lowest BCUT2D eigenvalue weighted by Gasteiger charge is -2.15. The van der Waals surface area contributed by atoms with Gasteiger partial charge in [0.15, 0.2) is 0 Å². The molecule has 1 N–H and O–H groups in total. The Morgan fingerprint density at radius 3 is 2.57 bits per heavy atom. The Morgan fingerprint density at radius 1 is 0.952 bits per heavy atom. The number of rotatable bonds is 4. The van der Waals surface area contributed by atoms with E-state index in [1.807, 2.05) is 18.2 Å². The van der Waals surface area contributed by atoms with Crippen molar-refractivity contribution in [2.45, 2.75) is 19.5 Å². The number of nitrogens with one attached hydrogen (secondary N) is 1. The van der Waals surface area contributed by atoms with Crippen molar-refractivity contribution in [3.63, 3.8) is 0 Å². The van der Waals surface area contributed by atoms with Crippen molar-refractivity contribution < 1.29 is 0 Å². The lowest BCUT2D eigenvalue weighted by Crippen LogP contribution is -2.18. The van der Waals surface area contributed by atoms with Crippen LogP contribution in [0.15, 0.2) is 66.7 Å². The highest BCUT2D eigenvalue weighted by atomic mass is 35.5. The van der Waals surface area contributed by atoms with Crippen molar-refractivity contribution in [1.29, 1.82) is 0 Å². The fourth-order valence-electron chi connectivity index (χ4n) is 2.60. The first kappa shape index (κ1) is 14.1. The molecule has 0 saturated heterocycles. The molecule has 0 amide bonds. The Balaban J connectivity index is 1.77. The monoisotopic (exact) mass is 295 g/mol. The van der Waals surface area contributed by atoms with Crippen LogP contribution in [0.25, 0.3) is 10.8 Å². The Hall–Kier alpha value is -1.83. The molecule has 0 bridgehead atoms. The van der Waals surface area contributed by atoms with E-state index < -0.39 is 0 Å². The van der Waals surface area contributed by atoms with E-state index in [4.69, 9.17) is 11.6 Å². The molecular weight excluding hydrogens is 278 g/mol. The van der Waals surface area contributed by atoms with Gasteiger partial charge in [0.2, 0.25) is 0 Å². The van der Waals surface area contributed by atoms with Crippen molar-refractivity contribution in [3.8, 4) is 0 Å². The maximum atomic E-state index is 6.06. The summed E-state index contributed by atoms with van der Waals surface area (Å²) in [6.07, 6.45) is 0. The van der Waals surface area contributed by atoms with Crippen molar-refractivity contribution in [2.75, 3.05) is 0 Å². The van der Waals surface area contributed by atoms with Crippen LogP contribution in [-0.4, -0.2) is 0 Å². The normalized spacial score (nSPS) is 12.5. The van der Waals surface area contributed by atoms with Gasteiger partial charge in [0.05, 0.1) is 0 Å². The van der Waals surface area contributed by atoms with Crippen LogP contribution >= 0.6 is 11.6 Å². The number of fused-ring (bicyclic) bond motifs is 1. The lowest BCUT2D eigenvalue weighted by atomic mass is 10.0. The third-order valence-electron chi connectivity index (χ3n) is 3.83. The summed E-state index contributed by atoms with van der Waals surface area (Å²) < 4.78 is 0. The zero-order valence-electron chi connectivity index (χ0n) is 12.0. The number of hydrogen-bond acceptors (Lipinski definition) is 1. The molecule has 2 heteroatoms. The minimum Gasteiger partial charge on any atom is -0.306 e. The summed E-state index contributed by atoms with van der Waals surface area (Å²) in [6, 6.07) is 23.2. The molecule has 0 aliphatic rings. The van der Waals surface area contributed by atoms with E-state index in [2.05, 4.69) is 60.8 Å². The van der Waals surface area contributed by atoms with Gasteiger partial charge in [0.1, 0.15) is 0 Å². The molecule has 0 aliphatic heterocycles. The van der Waals surface area contributed by atoms with Crippen LogP contribution in [0.1, 0.15) is 24.1 Å². The SMILES string of the molecule is C[C@H](NCc1cccc2ccccc12)c1cccc(Cl)c1. The molecule has 0 heterocycles. The van der Waals surface area contributed by atoms with Gasteiger partial charge in [-0.15, -0.1) is 0 Å². The van der Waals surface area contributed by atoms with Crippen LogP contribution < -0.4 is 5.32 Å². The molecule has 0 spiro atoms. The van der Waals surface area contributed by atoms with Gasteiger partial charge in [-0.1, -0.05) is 66.2 Å². The summed E-state index contributed by atoms with van der Waals surface area (Å²) in [6.45, 7) is 3.01. The van der Waals surface area contributed by atoms with Gasteiger partial charge >= 0.3 is 0 Å². The molecule has 3 rings (SSSR count). The molecule has 3 aromatic rings. The summed E-state index contributed by atoms with van der Waals surface area (Å²) in [5, 5.41) is 6.95. The smallest absolute Gasteiger partial charge is 0.0409 e. The second kappa shape index (κ2) is 6.30. The topological polar surface area (TPSA) is 12.0 Å². The van der Waals surface area contributed by atoms with E-state index in [0.717, 1.165) is 11.6 Å². The number of halogens is 1. The fraction of sp³-hybridized carbons (Fsp3) is 0.158. The van der Waals surface area contributed by atoms with Crippen LogP contribution in [0.5, 0.6) is 0 Å². The Labute approximate surface area is 130 Å². The van der Waals surface area contributed by atoms with E-state index in [1.54, 1.807) is 0 Å². The van der Waals surface area contributed by atoms with E-state index in [1.165, 1.54) is 21.9 Å². The molecule has 3 aromatic carbocycles. The Kier molecular flexibility index (Phi) is 4.23. The van der Waals surface area contributed by atoms with Gasteiger partial charge in [-0.25, -0.2) is 0 Å². The van der Waals surface area contributed by atoms with Crippen molar-refractivity contribution in [1.82, 2.24) is 5.32 Å². The van der Waals surface area contributed by atoms with E-state index in [9.17, 15) is 0 Å². The zero-order valence-corrected chi connectivity index (χ0v) is 12.8. The minimum absolute atomic E-state index is 0.266. The number of hydrogen-bond donors (Lipinski definition) is 1. The molecule has 0 aliphatic carbocycles. The van der Waals surface area contributed by atoms with Gasteiger partial charge < -0.3 is 5.32 Å². The first-order valence-electron chi connectivity index (χ1n) is 7.19. The largest absolute Gasteiger partial charge is 0.306 e. The van der Waals surface area contributed by atoms with E-state index >= 15 is 0 Å². The summed E-state index contributed by atoms with van der Waals surface area (Å²) in [5.41, 5.74) is 2.53. The summed E-state index contributed by atoms with van der Waals surface area (Å²) in [5.74, 6) is 0. The first-order valence-corrected chi connectivity index (χ1v) is 7.57. The molecule has 0 saturated carbocycles. The third-order valence-corrected chi connectivity index (χ3v) is 4.06. The lowest BCUT2D eigenvalue weighted by molar-refractivity contribution is 0.576. The highest BCUT2D eigenvalue weighted by Crippen LogP contribution is 2.21. The maximum absolute atomic E-state index is 6.06. The van der Waals surface area contributed by atoms with Crippen LogP contribution in [-0.2, 0) is 6.54 Å². The predicted octanol–water partition coefficient (Wildman–Crippen LogP) is 5.34. The van der Waals surface area contributed by atoms with Crippen LogP contribution in [0.2, 0.25) is 5.02 Å². The van der Waals surface area contributed by atoms with Crippen LogP contribution in [0.3, 0.4) is 0 Å². The molecule has 1 atom stereocenters. The zero-order chi connectivity index (χ0) is 14.7. The molecule has 21 heavy (non-hydrogen) atoms. The highest BCUT2D eigenvalue weighted by molar-refractivity contribution is 6.30. The predicted molar refractivity (Wildman–Crippen MR) is 90.7 cm³/mol. The minimum atomic E-state index is 0.266. The van der Waals surface area contributed by atoms with Crippen LogP contribution in [0.4, 0.5) is 0 Å². The van der Waals surface area contributed by atoms with Crippen molar-refractivity contribution >= 4 is 22.4 Å². The molecule has 0 unspecified atom stereocenters. The highest BCUT2D eigenvalue weighted by Gasteiger charge is 2.06. The summed E-state index contributed by atoms with van der Waals surface area (Å²) in [7, 11) is 0. The summed E-state index contributed by atoms with van der Waals surface area (Å²) >= 11 is 6.06. The molecule has 1 nitrogen and oxygen atoms in total. The third kappa shape index (κ3) is 3.26. The van der Waals surface area contributed by atoms with E-state index in [-0.39, 0.29) is 6.04 Å². The molecule has 0 fully saturated rings.